The van der Waals surface area contributed by atoms with E-state index in [1.54, 1.807) is 12.1 Å². The normalized spacial score (nSPS) is 17.9. The maximum atomic E-state index is 13.4. The van der Waals surface area contributed by atoms with Crippen molar-refractivity contribution in [1.29, 1.82) is 0 Å². The van der Waals surface area contributed by atoms with Crippen LogP contribution in [0.5, 0.6) is 11.5 Å². The highest BCUT2D eigenvalue weighted by Gasteiger charge is 2.43. The van der Waals surface area contributed by atoms with Gasteiger partial charge in [-0.3, -0.25) is 24.5 Å². The van der Waals surface area contributed by atoms with Crippen molar-refractivity contribution in [3.05, 3.63) is 86.2 Å². The van der Waals surface area contributed by atoms with E-state index in [2.05, 4.69) is 0 Å². The van der Waals surface area contributed by atoms with E-state index >= 15 is 0 Å². The van der Waals surface area contributed by atoms with Crippen molar-refractivity contribution in [3.8, 4) is 11.5 Å². The second-order valence-corrected chi connectivity index (χ2v) is 10.1. The van der Waals surface area contributed by atoms with E-state index in [0.717, 1.165) is 6.07 Å². The third kappa shape index (κ3) is 5.46. The highest BCUT2D eigenvalue weighted by molar-refractivity contribution is 6.06. The van der Waals surface area contributed by atoms with Crippen molar-refractivity contribution >= 4 is 23.2 Å². The van der Waals surface area contributed by atoms with Gasteiger partial charge in [-0.15, -0.1) is 0 Å². The number of allylic oxidation sites excluding steroid dienone is 4. The monoisotopic (exact) mass is 570 g/mol. The molecule has 214 valence electrons. The first kappa shape index (κ1) is 28.1. The number of carbonyl (C=O) groups excluding carboxylic acids is 2. The lowest BCUT2D eigenvalue weighted by Gasteiger charge is -2.44. The van der Waals surface area contributed by atoms with E-state index < -0.39 is 40.0 Å². The van der Waals surface area contributed by atoms with E-state index in [0.29, 0.717) is 65.9 Å². The molecule has 2 aromatic carbocycles. The van der Waals surface area contributed by atoms with Crippen molar-refractivity contribution in [2.24, 2.45) is 0 Å². The van der Waals surface area contributed by atoms with Crippen LogP contribution in [0.1, 0.15) is 62.0 Å². The van der Waals surface area contributed by atoms with Gasteiger partial charge in [0.15, 0.2) is 11.6 Å². The van der Waals surface area contributed by atoms with Gasteiger partial charge in [-0.05, 0) is 55.5 Å². The van der Waals surface area contributed by atoms with Crippen LogP contribution in [0, 0.1) is 10.1 Å². The van der Waals surface area contributed by atoms with E-state index in [4.69, 9.17) is 4.74 Å². The van der Waals surface area contributed by atoms with Crippen LogP contribution in [0.2, 0.25) is 0 Å². The molecular formula is C29H25F3N2O7. The minimum atomic E-state index is -4.78. The van der Waals surface area contributed by atoms with Crippen molar-refractivity contribution in [3.63, 3.8) is 0 Å². The number of nitrogens with zero attached hydrogens (tertiary/aromatic N) is 2. The molecule has 0 spiro atoms. The number of hydrogen-bond acceptors (Lipinski definition) is 7. The molecular weight excluding hydrogens is 545 g/mol. The molecule has 5 rings (SSSR count). The molecule has 0 atom stereocenters. The first-order chi connectivity index (χ1) is 19.5. The summed E-state index contributed by atoms with van der Waals surface area (Å²) in [4.78, 5) is 50.5. The molecule has 0 saturated heterocycles. The number of Topliss-reactive ketones (excluding diaryl/α,β-unsaturated/α-hetero) is 2. The summed E-state index contributed by atoms with van der Waals surface area (Å²) < 4.78 is 45.1. The molecule has 41 heavy (non-hydrogen) atoms. The number of carbonyl (C=O) groups is 3. The molecule has 0 fully saturated rings. The van der Waals surface area contributed by atoms with Crippen molar-refractivity contribution < 1.29 is 42.3 Å². The average Bonchev–Trinajstić information content (AvgIpc) is 2.91. The Kier molecular flexibility index (Phi) is 7.41. The zero-order chi connectivity index (χ0) is 29.5. The molecule has 2 aromatic rings. The highest BCUT2D eigenvalue weighted by atomic mass is 19.4. The summed E-state index contributed by atoms with van der Waals surface area (Å²) in [6.45, 7) is 0.126. The predicted molar refractivity (Wildman–Crippen MR) is 138 cm³/mol. The summed E-state index contributed by atoms with van der Waals surface area (Å²) in [5.74, 6) is -2.35. The van der Waals surface area contributed by atoms with E-state index in [1.807, 2.05) is 4.90 Å². The van der Waals surface area contributed by atoms with Crippen LogP contribution in [0.3, 0.4) is 0 Å². The van der Waals surface area contributed by atoms with Crippen molar-refractivity contribution in [2.75, 3.05) is 6.54 Å². The predicted octanol–water partition coefficient (Wildman–Crippen LogP) is 6.29. The van der Waals surface area contributed by atoms with Crippen molar-refractivity contribution in [2.45, 2.75) is 57.0 Å². The van der Waals surface area contributed by atoms with Crippen LogP contribution in [0.4, 0.5) is 18.9 Å². The van der Waals surface area contributed by atoms with Gasteiger partial charge in [0.05, 0.1) is 16.9 Å². The molecule has 0 saturated carbocycles. The smallest absolute Gasteiger partial charge is 0.416 e. The number of carboxylic acids is 1. The molecule has 1 N–H and O–H groups in total. The van der Waals surface area contributed by atoms with Gasteiger partial charge < -0.3 is 14.7 Å². The van der Waals surface area contributed by atoms with Gasteiger partial charge in [-0.25, -0.2) is 0 Å². The van der Waals surface area contributed by atoms with Crippen LogP contribution in [0.25, 0.3) is 0 Å². The van der Waals surface area contributed by atoms with Gasteiger partial charge in [-0.2, -0.15) is 13.2 Å². The fraction of sp³-hybridized carbons (Fsp3) is 0.345. The minimum absolute atomic E-state index is 0.0782. The number of rotatable bonds is 7. The number of ether oxygens (including phenoxy) is 1. The molecule has 3 aliphatic rings. The Morgan fingerprint density at radius 2 is 1.63 bits per heavy atom. The maximum absolute atomic E-state index is 13.4. The SMILES string of the molecule is O=C(O)CCN1C2=C(C(=O)CCC2)C(c2cccc(Oc3ccc(C(F)(F)F)cc3[N+](=O)[O-])c2)C2=C1CCCC2=O. The number of nitro groups is 1. The quantitative estimate of drug-likeness (QED) is 0.304. The third-order valence-electron chi connectivity index (χ3n) is 7.54. The lowest BCUT2D eigenvalue weighted by atomic mass is 9.71. The van der Waals surface area contributed by atoms with Gasteiger partial charge in [0, 0.05) is 53.9 Å². The zero-order valence-electron chi connectivity index (χ0n) is 21.7. The Morgan fingerprint density at radius 1 is 1.00 bits per heavy atom. The summed E-state index contributed by atoms with van der Waals surface area (Å²) in [5.41, 5.74) is 0.709. The fourth-order valence-electron chi connectivity index (χ4n) is 5.83. The molecule has 0 radical (unpaired) electrons. The van der Waals surface area contributed by atoms with E-state index in [9.17, 15) is 42.8 Å². The molecule has 1 heterocycles. The van der Waals surface area contributed by atoms with Crippen LogP contribution in [-0.2, 0) is 20.6 Å². The second-order valence-electron chi connectivity index (χ2n) is 10.1. The number of ketones is 2. The summed E-state index contributed by atoms with van der Waals surface area (Å²) in [6, 6.07) is 8.26. The second kappa shape index (κ2) is 10.8. The molecule has 0 aromatic heterocycles. The van der Waals surface area contributed by atoms with E-state index in [-0.39, 0.29) is 43.1 Å². The minimum Gasteiger partial charge on any atom is -0.481 e. The molecule has 9 nitrogen and oxygen atoms in total. The standard InChI is InChI=1S/C29H25F3N2O7/c30-29(31,32)17-10-11-24(21(15-17)34(39)40)41-18-5-1-4-16(14-18)26-27-19(6-2-8-22(27)35)33(13-12-25(37)38)20-7-3-9-23(36)28(20)26/h1,4-5,10-11,14-15,26H,2-3,6-9,12-13H2,(H,37,38). The highest BCUT2D eigenvalue weighted by Crippen LogP contribution is 2.49. The van der Waals surface area contributed by atoms with Gasteiger partial charge in [0.1, 0.15) is 5.75 Å². The van der Waals surface area contributed by atoms with Crippen LogP contribution in [0.15, 0.2) is 65.0 Å². The molecule has 0 amide bonds. The van der Waals surface area contributed by atoms with Gasteiger partial charge in [0.2, 0.25) is 5.75 Å². The van der Waals surface area contributed by atoms with Crippen LogP contribution in [-0.4, -0.2) is 39.0 Å². The molecule has 0 bridgehead atoms. The summed E-state index contributed by atoms with van der Waals surface area (Å²) >= 11 is 0. The molecule has 2 aliphatic carbocycles. The maximum Gasteiger partial charge on any atom is 0.416 e. The third-order valence-corrected chi connectivity index (χ3v) is 7.54. The average molecular weight is 571 g/mol. The summed E-state index contributed by atoms with van der Waals surface area (Å²) in [6.07, 6.45) is -2.16. The van der Waals surface area contributed by atoms with Gasteiger partial charge >= 0.3 is 17.8 Å². The summed E-state index contributed by atoms with van der Waals surface area (Å²) in [5, 5.41) is 20.9. The lowest BCUT2D eigenvalue weighted by molar-refractivity contribution is -0.385. The van der Waals surface area contributed by atoms with Gasteiger partial charge in [0.25, 0.3) is 0 Å². The molecule has 1 aliphatic heterocycles. The first-order valence-electron chi connectivity index (χ1n) is 13.1. The van der Waals surface area contributed by atoms with Crippen LogP contribution >= 0.6 is 0 Å². The van der Waals surface area contributed by atoms with Gasteiger partial charge in [-0.1, -0.05) is 12.1 Å². The summed E-state index contributed by atoms with van der Waals surface area (Å²) in [7, 11) is 0. The number of hydrogen-bond donors (Lipinski definition) is 1. The number of nitro benzene ring substituents is 1. The van der Waals surface area contributed by atoms with Crippen molar-refractivity contribution in [1.82, 2.24) is 4.90 Å². The Balaban J connectivity index is 1.59. The Labute approximate surface area is 232 Å². The number of halogens is 3. The Bertz CT molecular complexity index is 1480. The fourth-order valence-corrected chi connectivity index (χ4v) is 5.83. The number of benzene rings is 2. The molecule has 0 unspecified atom stereocenters. The zero-order valence-corrected chi connectivity index (χ0v) is 21.7. The van der Waals surface area contributed by atoms with Crippen LogP contribution < -0.4 is 4.74 Å². The Hall–Kier alpha value is -4.48. The van der Waals surface area contributed by atoms with E-state index in [1.165, 1.54) is 12.1 Å². The lowest BCUT2D eigenvalue weighted by Crippen LogP contribution is -2.39. The number of alkyl halides is 3. The topological polar surface area (TPSA) is 127 Å². The Morgan fingerprint density at radius 3 is 2.20 bits per heavy atom. The number of carboxylic acid groups (broad SMARTS) is 1. The first-order valence-corrected chi connectivity index (χ1v) is 13.1. The molecule has 12 heteroatoms. The largest absolute Gasteiger partial charge is 0.481 e. The number of aliphatic carboxylic acids is 1.